The minimum atomic E-state index is -3.47. The number of ether oxygens (including phenoxy) is 3. The molecule has 160 valence electrons. The van der Waals surface area contributed by atoms with Gasteiger partial charge >= 0.3 is 5.97 Å². The lowest BCUT2D eigenvalue weighted by Gasteiger charge is -2.24. The third-order valence-corrected chi connectivity index (χ3v) is 6.02. The molecule has 1 rings (SSSR count). The van der Waals surface area contributed by atoms with Gasteiger partial charge in [-0.05, 0) is 36.8 Å². The van der Waals surface area contributed by atoms with E-state index in [1.807, 2.05) is 18.2 Å². The van der Waals surface area contributed by atoms with E-state index in [9.17, 15) is 9.36 Å². The number of esters is 1. The van der Waals surface area contributed by atoms with E-state index >= 15 is 0 Å². The van der Waals surface area contributed by atoms with Crippen molar-refractivity contribution >= 4 is 13.5 Å². The van der Waals surface area contributed by atoms with Crippen molar-refractivity contribution in [1.82, 2.24) is 5.09 Å². The van der Waals surface area contributed by atoms with E-state index in [1.54, 1.807) is 13.8 Å². The Balaban J connectivity index is 2.91. The van der Waals surface area contributed by atoms with Gasteiger partial charge in [-0.25, -0.2) is 5.09 Å². The number of hydrogen-bond donors (Lipinski definition) is 1. The normalized spacial score (nSPS) is 14.8. The van der Waals surface area contributed by atoms with Crippen molar-refractivity contribution in [1.29, 1.82) is 0 Å². The standard InChI is InChI=1S/C20H34NO6P/c1-8-25-20(22)16(6)21-28(23,13-24-7)27-12-26-19-17(14(2)3)10-9-11-18(19)15(4)5/h9-11,14-16H,8,12-13H2,1-7H3,(H,21,23). The quantitative estimate of drug-likeness (QED) is 0.303. The van der Waals surface area contributed by atoms with Crippen molar-refractivity contribution in [2.24, 2.45) is 0 Å². The Morgan fingerprint density at radius 1 is 1.11 bits per heavy atom. The Morgan fingerprint density at radius 3 is 2.14 bits per heavy atom. The zero-order chi connectivity index (χ0) is 21.3. The topological polar surface area (TPSA) is 83.1 Å². The molecule has 0 saturated heterocycles. The van der Waals surface area contributed by atoms with Crippen LogP contribution in [0.2, 0.25) is 0 Å². The molecule has 0 heterocycles. The number of carbonyl (C=O) groups is 1. The maximum atomic E-state index is 13.0. The lowest BCUT2D eigenvalue weighted by Crippen LogP contribution is -2.35. The lowest BCUT2D eigenvalue weighted by molar-refractivity contribution is -0.144. The lowest BCUT2D eigenvalue weighted by atomic mass is 9.94. The minimum absolute atomic E-state index is 0.191. The monoisotopic (exact) mass is 415 g/mol. The Labute approximate surface area is 168 Å². The van der Waals surface area contributed by atoms with Crippen LogP contribution in [0, 0.1) is 0 Å². The molecule has 0 radical (unpaired) electrons. The second-order valence-corrected chi connectivity index (χ2v) is 9.28. The van der Waals surface area contributed by atoms with Gasteiger partial charge in [0.25, 0.3) is 7.52 Å². The Hall–Kier alpha value is -1.40. The molecular formula is C20H34NO6P. The van der Waals surface area contributed by atoms with Gasteiger partial charge in [-0.2, -0.15) is 0 Å². The zero-order valence-electron chi connectivity index (χ0n) is 18.0. The summed E-state index contributed by atoms with van der Waals surface area (Å²) in [6, 6.07) is 5.25. The summed E-state index contributed by atoms with van der Waals surface area (Å²) in [5, 5.41) is 2.69. The molecule has 0 spiro atoms. The van der Waals surface area contributed by atoms with Gasteiger partial charge in [-0.3, -0.25) is 13.9 Å². The third-order valence-electron chi connectivity index (χ3n) is 4.11. The number of benzene rings is 1. The van der Waals surface area contributed by atoms with E-state index in [2.05, 4.69) is 32.8 Å². The summed E-state index contributed by atoms with van der Waals surface area (Å²) in [6.45, 7) is 11.6. The van der Waals surface area contributed by atoms with Gasteiger partial charge in [0.15, 0.2) is 6.79 Å². The molecule has 1 aromatic rings. The molecule has 0 aliphatic carbocycles. The van der Waals surface area contributed by atoms with Crippen LogP contribution in [0.1, 0.15) is 64.5 Å². The molecule has 2 unspecified atom stereocenters. The Morgan fingerprint density at radius 2 is 1.68 bits per heavy atom. The van der Waals surface area contributed by atoms with Gasteiger partial charge in [-0.15, -0.1) is 0 Å². The van der Waals surface area contributed by atoms with Crippen molar-refractivity contribution in [2.45, 2.75) is 59.4 Å². The van der Waals surface area contributed by atoms with Crippen molar-refractivity contribution in [3.63, 3.8) is 0 Å². The van der Waals surface area contributed by atoms with Gasteiger partial charge in [0.1, 0.15) is 18.1 Å². The molecule has 7 nitrogen and oxygen atoms in total. The highest BCUT2D eigenvalue weighted by Gasteiger charge is 2.29. The zero-order valence-corrected chi connectivity index (χ0v) is 18.9. The van der Waals surface area contributed by atoms with E-state index in [0.29, 0.717) is 0 Å². The Bertz CT molecular complexity index is 650. The predicted octanol–water partition coefficient (Wildman–Crippen LogP) is 4.62. The van der Waals surface area contributed by atoms with Crippen LogP contribution in [0.15, 0.2) is 18.2 Å². The van der Waals surface area contributed by atoms with Crippen molar-refractivity contribution in [3.05, 3.63) is 29.3 Å². The summed E-state index contributed by atoms with van der Waals surface area (Å²) in [5.74, 6) is 0.772. The van der Waals surface area contributed by atoms with Crippen molar-refractivity contribution in [2.75, 3.05) is 26.9 Å². The van der Waals surface area contributed by atoms with Gasteiger partial charge in [0.2, 0.25) is 0 Å². The molecule has 0 saturated carbocycles. The molecule has 8 heteroatoms. The van der Waals surface area contributed by atoms with Gasteiger partial charge in [0.05, 0.1) is 6.61 Å². The molecule has 0 aliphatic heterocycles. The van der Waals surface area contributed by atoms with Crippen molar-refractivity contribution in [3.8, 4) is 5.75 Å². The SMILES string of the molecule is CCOC(=O)C(C)NP(=O)(COC)OCOc1c(C(C)C)cccc1C(C)C. The number of rotatable bonds is 12. The first kappa shape index (κ1) is 24.6. The fraction of sp³-hybridized carbons (Fsp3) is 0.650. The second-order valence-electron chi connectivity index (χ2n) is 7.16. The highest BCUT2D eigenvalue weighted by atomic mass is 31.2. The molecular weight excluding hydrogens is 381 g/mol. The first-order valence-corrected chi connectivity index (χ1v) is 11.4. The largest absolute Gasteiger partial charge is 0.466 e. The molecule has 0 amide bonds. The number of carbonyl (C=O) groups excluding carboxylic acids is 1. The van der Waals surface area contributed by atoms with Crippen LogP contribution in [0.5, 0.6) is 5.75 Å². The van der Waals surface area contributed by atoms with E-state index in [0.717, 1.165) is 16.9 Å². The smallest absolute Gasteiger partial charge is 0.323 e. The third kappa shape index (κ3) is 7.21. The minimum Gasteiger partial charge on any atom is -0.466 e. The first-order valence-electron chi connectivity index (χ1n) is 9.57. The molecule has 28 heavy (non-hydrogen) atoms. The van der Waals surface area contributed by atoms with Gasteiger partial charge in [-0.1, -0.05) is 45.9 Å². The number of nitrogens with one attached hydrogen (secondary N) is 1. The highest BCUT2D eigenvalue weighted by molar-refractivity contribution is 7.56. The van der Waals surface area contributed by atoms with Crippen LogP contribution >= 0.6 is 7.52 Å². The van der Waals surface area contributed by atoms with Gasteiger partial charge < -0.3 is 14.2 Å². The Kier molecular flexibility index (Phi) is 10.2. The van der Waals surface area contributed by atoms with Crippen molar-refractivity contribution < 1.29 is 28.1 Å². The fourth-order valence-corrected chi connectivity index (χ4v) is 4.20. The maximum absolute atomic E-state index is 13.0. The van der Waals surface area contributed by atoms with Crippen LogP contribution in [0.3, 0.4) is 0 Å². The van der Waals surface area contributed by atoms with E-state index < -0.39 is 19.5 Å². The van der Waals surface area contributed by atoms with E-state index in [-0.39, 0.29) is 31.6 Å². The average Bonchev–Trinajstić information content (AvgIpc) is 2.61. The highest BCUT2D eigenvalue weighted by Crippen LogP contribution is 2.43. The maximum Gasteiger partial charge on any atom is 0.323 e. The number of para-hydroxylation sites is 1. The summed E-state index contributed by atoms with van der Waals surface area (Å²) < 4.78 is 34.4. The molecule has 0 aliphatic rings. The molecule has 1 N–H and O–H groups in total. The number of hydrogen-bond acceptors (Lipinski definition) is 6. The summed E-state index contributed by atoms with van der Waals surface area (Å²) in [5.41, 5.74) is 2.12. The molecule has 0 aromatic heterocycles. The summed E-state index contributed by atoms with van der Waals surface area (Å²) in [4.78, 5) is 11.8. The van der Waals surface area contributed by atoms with E-state index in [4.69, 9.17) is 18.7 Å². The van der Waals surface area contributed by atoms with Crippen LogP contribution in [-0.4, -0.2) is 38.9 Å². The van der Waals surface area contributed by atoms with E-state index in [1.165, 1.54) is 7.11 Å². The fourth-order valence-electron chi connectivity index (χ4n) is 2.72. The molecule has 1 aromatic carbocycles. The molecule has 2 atom stereocenters. The second kappa shape index (κ2) is 11.6. The summed E-state index contributed by atoms with van der Waals surface area (Å²) in [7, 11) is -2.05. The first-order chi connectivity index (χ1) is 13.1. The van der Waals surface area contributed by atoms with Crippen LogP contribution < -0.4 is 9.82 Å². The molecule has 0 bridgehead atoms. The average molecular weight is 415 g/mol. The van der Waals surface area contributed by atoms with Gasteiger partial charge in [0, 0.05) is 7.11 Å². The predicted molar refractivity (Wildman–Crippen MR) is 110 cm³/mol. The summed E-state index contributed by atoms with van der Waals surface area (Å²) >= 11 is 0. The molecule has 0 fully saturated rings. The van der Waals surface area contributed by atoms with Crippen LogP contribution in [-0.2, 0) is 23.4 Å². The van der Waals surface area contributed by atoms with Crippen LogP contribution in [0.4, 0.5) is 0 Å². The van der Waals surface area contributed by atoms with Crippen LogP contribution in [0.25, 0.3) is 0 Å². The number of methoxy groups -OCH3 is 1. The summed E-state index contributed by atoms with van der Waals surface area (Å²) in [6.07, 6.45) is -0.191.